The van der Waals surface area contributed by atoms with E-state index in [1.807, 2.05) is 12.1 Å². The van der Waals surface area contributed by atoms with Crippen molar-refractivity contribution in [2.45, 2.75) is 58.5 Å². The van der Waals surface area contributed by atoms with Gasteiger partial charge in [0.05, 0.1) is 17.1 Å². The molecule has 3 heteroatoms. The number of rotatable bonds is 7. The Balaban J connectivity index is 2.03. The highest BCUT2D eigenvalue weighted by Crippen LogP contribution is 2.17. The maximum Gasteiger partial charge on any atom is 0.124 e. The van der Waals surface area contributed by atoms with Gasteiger partial charge < -0.3 is 10.3 Å². The minimum atomic E-state index is 0.272. The number of para-hydroxylation sites is 2. The van der Waals surface area contributed by atoms with Crippen LogP contribution in [0.15, 0.2) is 24.3 Å². The molecule has 104 valence electrons. The van der Waals surface area contributed by atoms with Gasteiger partial charge in [0, 0.05) is 6.04 Å². The molecule has 3 nitrogen and oxygen atoms in total. The van der Waals surface area contributed by atoms with Crippen LogP contribution in [0.4, 0.5) is 0 Å². The number of unbranched alkanes of at least 4 members (excludes halogenated alkanes) is 1. The average Bonchev–Trinajstić information content (AvgIpc) is 2.87. The van der Waals surface area contributed by atoms with Crippen LogP contribution in [-0.2, 0) is 0 Å². The molecular formula is C16H25N3. The molecule has 0 saturated heterocycles. The van der Waals surface area contributed by atoms with Crippen LogP contribution in [0.5, 0.6) is 0 Å². The van der Waals surface area contributed by atoms with Crippen molar-refractivity contribution in [1.29, 1.82) is 0 Å². The summed E-state index contributed by atoms with van der Waals surface area (Å²) in [6.07, 6.45) is 4.97. The Morgan fingerprint density at radius 2 is 2.05 bits per heavy atom. The first-order valence-corrected chi connectivity index (χ1v) is 7.45. The number of imidazole rings is 1. The number of aromatic amines is 1. The largest absolute Gasteiger partial charge is 0.341 e. The van der Waals surface area contributed by atoms with E-state index in [4.69, 9.17) is 0 Å². The molecular weight excluding hydrogens is 234 g/mol. The second-order valence-electron chi connectivity index (χ2n) is 5.27. The zero-order valence-corrected chi connectivity index (χ0v) is 12.2. The number of nitrogens with one attached hydrogen (secondary N) is 2. The van der Waals surface area contributed by atoms with Crippen molar-refractivity contribution in [2.24, 2.45) is 0 Å². The smallest absolute Gasteiger partial charge is 0.124 e. The van der Waals surface area contributed by atoms with E-state index in [1.165, 1.54) is 25.7 Å². The monoisotopic (exact) mass is 259 g/mol. The van der Waals surface area contributed by atoms with Crippen molar-refractivity contribution in [2.75, 3.05) is 0 Å². The van der Waals surface area contributed by atoms with Crippen LogP contribution >= 0.6 is 0 Å². The molecule has 2 aromatic rings. The average molecular weight is 259 g/mol. The fourth-order valence-electron chi connectivity index (χ4n) is 2.47. The summed E-state index contributed by atoms with van der Waals surface area (Å²) >= 11 is 0. The van der Waals surface area contributed by atoms with Crippen LogP contribution in [-0.4, -0.2) is 16.0 Å². The number of fused-ring (bicyclic) bond motifs is 1. The first kappa shape index (κ1) is 14.1. The van der Waals surface area contributed by atoms with Gasteiger partial charge in [-0.1, -0.05) is 38.8 Å². The highest BCUT2D eigenvalue weighted by Gasteiger charge is 2.14. The maximum atomic E-state index is 4.66. The molecule has 0 aliphatic heterocycles. The van der Waals surface area contributed by atoms with Crippen molar-refractivity contribution < 1.29 is 0 Å². The van der Waals surface area contributed by atoms with Crippen molar-refractivity contribution in [3.05, 3.63) is 30.1 Å². The van der Waals surface area contributed by atoms with E-state index in [1.54, 1.807) is 0 Å². The number of hydrogen-bond acceptors (Lipinski definition) is 2. The minimum absolute atomic E-state index is 0.272. The molecule has 2 unspecified atom stereocenters. The van der Waals surface area contributed by atoms with Gasteiger partial charge in [0.25, 0.3) is 0 Å². The highest BCUT2D eigenvalue weighted by molar-refractivity contribution is 5.74. The van der Waals surface area contributed by atoms with Crippen LogP contribution in [0, 0.1) is 0 Å². The van der Waals surface area contributed by atoms with Crippen LogP contribution in [0.3, 0.4) is 0 Å². The minimum Gasteiger partial charge on any atom is -0.341 e. The predicted molar refractivity (Wildman–Crippen MR) is 81.2 cm³/mol. The molecule has 0 bridgehead atoms. The summed E-state index contributed by atoms with van der Waals surface area (Å²) < 4.78 is 0. The third kappa shape index (κ3) is 3.57. The topological polar surface area (TPSA) is 40.7 Å². The molecule has 2 atom stereocenters. The molecule has 0 saturated carbocycles. The summed E-state index contributed by atoms with van der Waals surface area (Å²) in [4.78, 5) is 8.07. The van der Waals surface area contributed by atoms with Gasteiger partial charge in [-0.25, -0.2) is 4.98 Å². The van der Waals surface area contributed by atoms with E-state index in [0.29, 0.717) is 6.04 Å². The third-order valence-corrected chi connectivity index (χ3v) is 3.70. The molecule has 2 N–H and O–H groups in total. The SMILES string of the molecule is CCCCC(CC)NC(C)c1nc2ccccc2[nH]1. The molecule has 1 aromatic heterocycles. The van der Waals surface area contributed by atoms with E-state index in [2.05, 4.69) is 48.2 Å². The third-order valence-electron chi connectivity index (χ3n) is 3.70. The summed E-state index contributed by atoms with van der Waals surface area (Å²) in [6.45, 7) is 6.68. The van der Waals surface area contributed by atoms with Crippen LogP contribution in [0.25, 0.3) is 11.0 Å². The summed E-state index contributed by atoms with van der Waals surface area (Å²) in [5.41, 5.74) is 2.17. The maximum absolute atomic E-state index is 4.66. The van der Waals surface area contributed by atoms with E-state index < -0.39 is 0 Å². The molecule has 19 heavy (non-hydrogen) atoms. The van der Waals surface area contributed by atoms with Gasteiger partial charge in [-0.2, -0.15) is 0 Å². The molecule has 0 spiro atoms. The van der Waals surface area contributed by atoms with E-state index in [0.717, 1.165) is 16.9 Å². The molecule has 2 rings (SSSR count). The summed E-state index contributed by atoms with van der Waals surface area (Å²) in [6, 6.07) is 9.06. The zero-order chi connectivity index (χ0) is 13.7. The fraction of sp³-hybridized carbons (Fsp3) is 0.562. The molecule has 0 aliphatic rings. The predicted octanol–water partition coefficient (Wildman–Crippen LogP) is 4.18. The fourth-order valence-corrected chi connectivity index (χ4v) is 2.47. The first-order chi connectivity index (χ1) is 9.24. The Labute approximate surface area is 115 Å². The van der Waals surface area contributed by atoms with Gasteiger partial charge in [-0.3, -0.25) is 0 Å². The van der Waals surface area contributed by atoms with Crippen LogP contribution in [0.1, 0.15) is 58.3 Å². The molecule has 0 aliphatic carbocycles. The van der Waals surface area contributed by atoms with E-state index >= 15 is 0 Å². The molecule has 1 aromatic carbocycles. The van der Waals surface area contributed by atoms with Gasteiger partial charge in [0.15, 0.2) is 0 Å². The number of H-pyrrole nitrogens is 1. The van der Waals surface area contributed by atoms with Crippen molar-refractivity contribution in [1.82, 2.24) is 15.3 Å². The Morgan fingerprint density at radius 1 is 1.26 bits per heavy atom. The van der Waals surface area contributed by atoms with Gasteiger partial charge in [0.1, 0.15) is 5.82 Å². The number of hydrogen-bond donors (Lipinski definition) is 2. The second-order valence-corrected chi connectivity index (χ2v) is 5.27. The Kier molecular flexibility index (Phi) is 4.97. The lowest BCUT2D eigenvalue weighted by Crippen LogP contribution is -2.31. The summed E-state index contributed by atoms with van der Waals surface area (Å²) in [5, 5.41) is 3.68. The second kappa shape index (κ2) is 6.71. The quantitative estimate of drug-likeness (QED) is 0.783. The Bertz CT molecular complexity index is 470. The van der Waals surface area contributed by atoms with Crippen molar-refractivity contribution >= 4 is 11.0 Å². The first-order valence-electron chi connectivity index (χ1n) is 7.45. The highest BCUT2D eigenvalue weighted by atomic mass is 15.0. The summed E-state index contributed by atoms with van der Waals surface area (Å²) in [5.74, 6) is 1.04. The molecule has 1 heterocycles. The van der Waals surface area contributed by atoms with Gasteiger partial charge >= 0.3 is 0 Å². The Morgan fingerprint density at radius 3 is 2.74 bits per heavy atom. The Hall–Kier alpha value is -1.35. The molecule has 0 fully saturated rings. The van der Waals surface area contributed by atoms with Crippen molar-refractivity contribution in [3.63, 3.8) is 0 Å². The van der Waals surface area contributed by atoms with Crippen LogP contribution in [0.2, 0.25) is 0 Å². The van der Waals surface area contributed by atoms with Gasteiger partial charge in [-0.05, 0) is 31.9 Å². The van der Waals surface area contributed by atoms with Crippen LogP contribution < -0.4 is 5.32 Å². The van der Waals surface area contributed by atoms with Gasteiger partial charge in [-0.15, -0.1) is 0 Å². The van der Waals surface area contributed by atoms with E-state index in [9.17, 15) is 0 Å². The van der Waals surface area contributed by atoms with Gasteiger partial charge in [0.2, 0.25) is 0 Å². The molecule has 0 amide bonds. The standard InChI is InChI=1S/C16H25N3/c1-4-6-9-13(5-2)17-12(3)16-18-14-10-7-8-11-15(14)19-16/h7-8,10-13,17H,4-6,9H2,1-3H3,(H,18,19). The number of nitrogens with zero attached hydrogens (tertiary/aromatic N) is 1. The summed E-state index contributed by atoms with van der Waals surface area (Å²) in [7, 11) is 0. The van der Waals surface area contributed by atoms with Crippen molar-refractivity contribution in [3.8, 4) is 0 Å². The number of aromatic nitrogens is 2. The zero-order valence-electron chi connectivity index (χ0n) is 12.2. The molecule has 0 radical (unpaired) electrons. The normalized spacial score (nSPS) is 14.7. The number of benzene rings is 1. The lowest BCUT2D eigenvalue weighted by molar-refractivity contribution is 0.402. The lowest BCUT2D eigenvalue weighted by atomic mass is 10.1. The lowest BCUT2D eigenvalue weighted by Gasteiger charge is -2.20. The van der Waals surface area contributed by atoms with E-state index in [-0.39, 0.29) is 6.04 Å².